The van der Waals surface area contributed by atoms with Crippen molar-refractivity contribution in [2.45, 2.75) is 31.4 Å². The highest BCUT2D eigenvalue weighted by Crippen LogP contribution is 2.19. The maximum atomic E-state index is 12.0. The Morgan fingerprint density at radius 1 is 1.53 bits per heavy atom. The number of carbonyl (C=O) groups excluding carboxylic acids is 1. The van der Waals surface area contributed by atoms with Crippen LogP contribution in [0.5, 0.6) is 0 Å². The van der Waals surface area contributed by atoms with Crippen molar-refractivity contribution in [3.63, 3.8) is 0 Å². The van der Waals surface area contributed by atoms with E-state index in [0.29, 0.717) is 26.0 Å². The molecule has 100 valence electrons. The molecule has 1 aliphatic rings. The van der Waals surface area contributed by atoms with Gasteiger partial charge in [0.25, 0.3) is 0 Å². The van der Waals surface area contributed by atoms with Crippen molar-refractivity contribution >= 4 is 5.91 Å². The molecule has 0 spiro atoms. The van der Waals surface area contributed by atoms with Gasteiger partial charge in [0.05, 0.1) is 6.10 Å². The standard InChI is InChI=1S/C12H24N2O3/c1-13(2)8-10-7-11(15)9-14(10)12(16)5-4-6-17-3/h10-11,15H,4-9H2,1-3H3. The fourth-order valence-corrected chi connectivity index (χ4v) is 2.30. The molecule has 1 N–H and O–H groups in total. The molecule has 0 bridgehead atoms. The fourth-order valence-electron chi connectivity index (χ4n) is 2.30. The van der Waals surface area contributed by atoms with Crippen molar-refractivity contribution < 1.29 is 14.6 Å². The Balaban J connectivity index is 2.45. The minimum Gasteiger partial charge on any atom is -0.391 e. The van der Waals surface area contributed by atoms with E-state index < -0.39 is 0 Å². The third-order valence-corrected chi connectivity index (χ3v) is 3.03. The van der Waals surface area contributed by atoms with E-state index in [-0.39, 0.29) is 18.1 Å². The van der Waals surface area contributed by atoms with Crippen molar-refractivity contribution in [2.75, 3.05) is 40.9 Å². The van der Waals surface area contributed by atoms with E-state index in [1.165, 1.54) is 0 Å². The monoisotopic (exact) mass is 244 g/mol. The molecule has 2 unspecified atom stereocenters. The number of likely N-dealkylation sites (tertiary alicyclic amines) is 1. The van der Waals surface area contributed by atoms with Gasteiger partial charge in [-0.2, -0.15) is 0 Å². The summed E-state index contributed by atoms with van der Waals surface area (Å²) >= 11 is 0. The molecule has 0 radical (unpaired) electrons. The predicted molar refractivity (Wildman–Crippen MR) is 65.8 cm³/mol. The molecule has 1 saturated heterocycles. The molecule has 1 rings (SSSR count). The quantitative estimate of drug-likeness (QED) is 0.665. The molecule has 1 aliphatic heterocycles. The van der Waals surface area contributed by atoms with Crippen LogP contribution in [0.2, 0.25) is 0 Å². The van der Waals surface area contributed by atoms with Gasteiger partial charge in [-0.3, -0.25) is 4.79 Å². The van der Waals surface area contributed by atoms with Crippen LogP contribution in [-0.4, -0.2) is 73.9 Å². The number of carbonyl (C=O) groups is 1. The van der Waals surface area contributed by atoms with Crippen molar-refractivity contribution in [2.24, 2.45) is 0 Å². The number of rotatable bonds is 6. The minimum absolute atomic E-state index is 0.130. The van der Waals surface area contributed by atoms with Crippen LogP contribution < -0.4 is 0 Å². The van der Waals surface area contributed by atoms with E-state index in [9.17, 15) is 9.90 Å². The number of amides is 1. The van der Waals surface area contributed by atoms with Crippen molar-refractivity contribution in [3.8, 4) is 0 Å². The van der Waals surface area contributed by atoms with E-state index in [1.807, 2.05) is 19.0 Å². The Hall–Kier alpha value is -0.650. The third-order valence-electron chi connectivity index (χ3n) is 3.03. The Morgan fingerprint density at radius 2 is 2.24 bits per heavy atom. The van der Waals surface area contributed by atoms with Crippen LogP contribution in [0.15, 0.2) is 0 Å². The number of β-amino-alcohol motifs (C(OH)–C–C–N with tert-alkyl or cyclic N) is 1. The number of aliphatic hydroxyl groups excluding tert-OH is 1. The van der Waals surface area contributed by atoms with Crippen molar-refractivity contribution in [1.82, 2.24) is 9.80 Å². The molecule has 5 nitrogen and oxygen atoms in total. The zero-order chi connectivity index (χ0) is 12.8. The average molecular weight is 244 g/mol. The van der Waals surface area contributed by atoms with Crippen molar-refractivity contribution in [1.29, 1.82) is 0 Å². The molecule has 0 aliphatic carbocycles. The van der Waals surface area contributed by atoms with E-state index in [2.05, 4.69) is 4.90 Å². The molecule has 0 saturated carbocycles. The Kier molecular flexibility index (Phi) is 5.88. The van der Waals surface area contributed by atoms with Crippen LogP contribution in [0, 0.1) is 0 Å². The molecule has 0 aromatic heterocycles. The number of methoxy groups -OCH3 is 1. The number of ether oxygens (including phenoxy) is 1. The molecular formula is C12H24N2O3. The lowest BCUT2D eigenvalue weighted by Gasteiger charge is -2.26. The van der Waals surface area contributed by atoms with Gasteiger partial charge in [-0.25, -0.2) is 0 Å². The van der Waals surface area contributed by atoms with Gasteiger partial charge in [-0.05, 0) is 26.9 Å². The molecule has 2 atom stereocenters. The highest BCUT2D eigenvalue weighted by molar-refractivity contribution is 5.77. The fraction of sp³-hybridized carbons (Fsp3) is 0.917. The lowest BCUT2D eigenvalue weighted by Crippen LogP contribution is -2.41. The van der Waals surface area contributed by atoms with Gasteiger partial charge < -0.3 is 19.6 Å². The zero-order valence-corrected chi connectivity index (χ0v) is 11.1. The first-order chi connectivity index (χ1) is 8.04. The number of hydrogen-bond acceptors (Lipinski definition) is 4. The first-order valence-corrected chi connectivity index (χ1v) is 6.15. The number of hydrogen-bond donors (Lipinski definition) is 1. The summed E-state index contributed by atoms with van der Waals surface area (Å²) in [6, 6.07) is 0.148. The molecule has 1 amide bonds. The minimum atomic E-state index is -0.369. The summed E-state index contributed by atoms with van der Waals surface area (Å²) in [5.74, 6) is 0.130. The Bertz CT molecular complexity index is 246. The smallest absolute Gasteiger partial charge is 0.223 e. The molecule has 17 heavy (non-hydrogen) atoms. The van der Waals surface area contributed by atoms with Crippen LogP contribution in [0.25, 0.3) is 0 Å². The van der Waals surface area contributed by atoms with Gasteiger partial charge >= 0.3 is 0 Å². The zero-order valence-electron chi connectivity index (χ0n) is 11.1. The lowest BCUT2D eigenvalue weighted by atomic mass is 10.2. The average Bonchev–Trinajstić information content (AvgIpc) is 2.58. The molecule has 0 aromatic rings. The predicted octanol–water partition coefficient (Wildman–Crippen LogP) is -0.0636. The summed E-state index contributed by atoms with van der Waals surface area (Å²) in [7, 11) is 5.61. The summed E-state index contributed by atoms with van der Waals surface area (Å²) in [6.45, 7) is 1.90. The summed E-state index contributed by atoms with van der Waals surface area (Å²) in [5.41, 5.74) is 0. The summed E-state index contributed by atoms with van der Waals surface area (Å²) in [4.78, 5) is 15.9. The van der Waals surface area contributed by atoms with E-state index in [1.54, 1.807) is 7.11 Å². The maximum Gasteiger partial charge on any atom is 0.223 e. The normalized spacial score (nSPS) is 24.6. The van der Waals surface area contributed by atoms with Gasteiger partial charge in [-0.1, -0.05) is 0 Å². The van der Waals surface area contributed by atoms with Crippen LogP contribution in [0.3, 0.4) is 0 Å². The number of aliphatic hydroxyl groups is 1. The second-order valence-electron chi connectivity index (χ2n) is 4.95. The van der Waals surface area contributed by atoms with E-state index in [4.69, 9.17) is 4.74 Å². The summed E-state index contributed by atoms with van der Waals surface area (Å²) in [6.07, 6.45) is 1.57. The molecular weight excluding hydrogens is 220 g/mol. The maximum absolute atomic E-state index is 12.0. The van der Waals surface area contributed by atoms with Crippen molar-refractivity contribution in [3.05, 3.63) is 0 Å². The highest BCUT2D eigenvalue weighted by Gasteiger charge is 2.33. The molecule has 1 heterocycles. The van der Waals surface area contributed by atoms with Crippen LogP contribution >= 0.6 is 0 Å². The number of likely N-dealkylation sites (N-methyl/N-ethyl adjacent to an activating group) is 1. The number of nitrogens with zero attached hydrogens (tertiary/aromatic N) is 2. The van der Waals surface area contributed by atoms with Gasteiger partial charge in [0.2, 0.25) is 5.91 Å². The first-order valence-electron chi connectivity index (χ1n) is 6.15. The van der Waals surface area contributed by atoms with Gasteiger partial charge in [0.15, 0.2) is 0 Å². The van der Waals surface area contributed by atoms with Gasteiger partial charge in [-0.15, -0.1) is 0 Å². The topological polar surface area (TPSA) is 53.0 Å². The molecule has 0 aromatic carbocycles. The van der Waals surface area contributed by atoms with Crippen LogP contribution in [0.1, 0.15) is 19.3 Å². The Morgan fingerprint density at radius 3 is 2.82 bits per heavy atom. The van der Waals surface area contributed by atoms with E-state index >= 15 is 0 Å². The Labute approximate surface area is 103 Å². The third kappa shape index (κ3) is 4.61. The van der Waals surface area contributed by atoms with Gasteiger partial charge in [0.1, 0.15) is 0 Å². The van der Waals surface area contributed by atoms with Crippen LogP contribution in [-0.2, 0) is 9.53 Å². The molecule has 5 heteroatoms. The first kappa shape index (κ1) is 14.4. The summed E-state index contributed by atoms with van der Waals surface area (Å²) < 4.78 is 4.94. The van der Waals surface area contributed by atoms with Gasteiger partial charge in [0, 0.05) is 39.3 Å². The highest BCUT2D eigenvalue weighted by atomic mass is 16.5. The van der Waals surface area contributed by atoms with Crippen LogP contribution in [0.4, 0.5) is 0 Å². The largest absolute Gasteiger partial charge is 0.391 e. The lowest BCUT2D eigenvalue weighted by molar-refractivity contribution is -0.132. The molecule has 1 fully saturated rings. The SMILES string of the molecule is COCCCC(=O)N1CC(O)CC1CN(C)C. The summed E-state index contributed by atoms with van der Waals surface area (Å²) in [5, 5.41) is 9.67. The van der Waals surface area contributed by atoms with E-state index in [0.717, 1.165) is 13.0 Å². The second kappa shape index (κ2) is 6.93. The second-order valence-corrected chi connectivity index (χ2v) is 4.95.